The first kappa shape index (κ1) is 14.3. The molecule has 0 aliphatic carbocycles. The maximum atomic E-state index is 11.9. The minimum Gasteiger partial charge on any atom is -0.479 e. The summed E-state index contributed by atoms with van der Waals surface area (Å²) >= 11 is 5.97. The van der Waals surface area contributed by atoms with Gasteiger partial charge >= 0.3 is 0 Å². The number of amides is 1. The second-order valence-electron chi connectivity index (χ2n) is 4.27. The van der Waals surface area contributed by atoms with Crippen LogP contribution in [0.3, 0.4) is 0 Å². The van der Waals surface area contributed by atoms with E-state index >= 15 is 0 Å². The maximum Gasteiger partial charge on any atom is 0.261 e. The average Bonchev–Trinajstić information content (AvgIpc) is 2.84. The van der Waals surface area contributed by atoms with Gasteiger partial charge in [0.05, 0.1) is 11.6 Å². The molecule has 0 radical (unpaired) electrons. The first-order chi connectivity index (χ1) is 9.58. The number of aromatic nitrogens is 3. The molecule has 106 valence electrons. The molecule has 1 N–H and O–H groups in total. The van der Waals surface area contributed by atoms with Crippen molar-refractivity contribution < 1.29 is 9.53 Å². The SMILES string of the molecule is C[C@@H](Oc1ccccc1Cl)C(=O)NCc1nncn1C. The third kappa shape index (κ3) is 3.48. The summed E-state index contributed by atoms with van der Waals surface area (Å²) in [5.74, 6) is 0.909. The van der Waals surface area contributed by atoms with Gasteiger partial charge in [-0.2, -0.15) is 0 Å². The second kappa shape index (κ2) is 6.38. The van der Waals surface area contributed by atoms with Crippen LogP contribution in [0.15, 0.2) is 30.6 Å². The fourth-order valence-electron chi connectivity index (χ4n) is 1.56. The molecule has 0 aliphatic rings. The Labute approximate surface area is 121 Å². The van der Waals surface area contributed by atoms with Crippen LogP contribution < -0.4 is 10.1 Å². The summed E-state index contributed by atoms with van der Waals surface area (Å²) in [6.45, 7) is 1.96. The van der Waals surface area contributed by atoms with Gasteiger partial charge in [0.1, 0.15) is 12.1 Å². The summed E-state index contributed by atoms with van der Waals surface area (Å²) in [6.07, 6.45) is 0.925. The Morgan fingerprint density at radius 2 is 2.25 bits per heavy atom. The van der Waals surface area contributed by atoms with Crippen LogP contribution in [-0.4, -0.2) is 26.8 Å². The molecule has 0 spiro atoms. The van der Waals surface area contributed by atoms with Gasteiger partial charge in [-0.1, -0.05) is 23.7 Å². The van der Waals surface area contributed by atoms with Crippen molar-refractivity contribution in [1.82, 2.24) is 20.1 Å². The van der Waals surface area contributed by atoms with Gasteiger partial charge in [0.2, 0.25) is 0 Å². The Hall–Kier alpha value is -2.08. The molecule has 1 atom stereocenters. The molecule has 0 aliphatic heterocycles. The molecule has 2 aromatic rings. The molecule has 6 nitrogen and oxygen atoms in total. The molecule has 1 aromatic carbocycles. The van der Waals surface area contributed by atoms with E-state index in [0.717, 1.165) is 0 Å². The van der Waals surface area contributed by atoms with Gasteiger partial charge in [0, 0.05) is 7.05 Å². The summed E-state index contributed by atoms with van der Waals surface area (Å²) in [5, 5.41) is 10.8. The quantitative estimate of drug-likeness (QED) is 0.908. The monoisotopic (exact) mass is 294 g/mol. The molecule has 0 bridgehead atoms. The number of para-hydroxylation sites is 1. The molecule has 2 rings (SSSR count). The smallest absolute Gasteiger partial charge is 0.261 e. The highest BCUT2D eigenvalue weighted by molar-refractivity contribution is 6.32. The Bertz CT molecular complexity index is 600. The van der Waals surface area contributed by atoms with Gasteiger partial charge in [-0.05, 0) is 19.1 Å². The van der Waals surface area contributed by atoms with E-state index in [1.807, 2.05) is 7.05 Å². The molecule has 0 fully saturated rings. The van der Waals surface area contributed by atoms with Crippen LogP contribution in [0.1, 0.15) is 12.7 Å². The van der Waals surface area contributed by atoms with Gasteiger partial charge in [0.15, 0.2) is 11.9 Å². The van der Waals surface area contributed by atoms with E-state index < -0.39 is 6.10 Å². The molecule has 0 unspecified atom stereocenters. The van der Waals surface area contributed by atoms with Gasteiger partial charge in [-0.25, -0.2) is 0 Å². The van der Waals surface area contributed by atoms with Crippen LogP contribution in [-0.2, 0) is 18.4 Å². The predicted octanol–water partition coefficient (Wildman–Crippen LogP) is 1.55. The number of nitrogens with one attached hydrogen (secondary N) is 1. The molecule has 0 saturated carbocycles. The van der Waals surface area contributed by atoms with Crippen molar-refractivity contribution in [3.05, 3.63) is 41.4 Å². The average molecular weight is 295 g/mol. The molecular weight excluding hydrogens is 280 g/mol. The fraction of sp³-hybridized carbons (Fsp3) is 0.308. The lowest BCUT2D eigenvalue weighted by Gasteiger charge is -2.15. The summed E-state index contributed by atoms with van der Waals surface area (Å²) in [6, 6.07) is 7.02. The fourth-order valence-corrected chi connectivity index (χ4v) is 1.74. The van der Waals surface area contributed by atoms with Crippen molar-refractivity contribution in [3.8, 4) is 5.75 Å². The van der Waals surface area contributed by atoms with E-state index in [9.17, 15) is 4.79 Å². The summed E-state index contributed by atoms with van der Waals surface area (Å²) < 4.78 is 7.26. The molecule has 1 amide bonds. The highest BCUT2D eigenvalue weighted by Gasteiger charge is 2.16. The number of carbonyl (C=O) groups is 1. The van der Waals surface area contributed by atoms with E-state index in [0.29, 0.717) is 23.1 Å². The van der Waals surface area contributed by atoms with Crippen LogP contribution in [0.25, 0.3) is 0 Å². The summed E-state index contributed by atoms with van der Waals surface area (Å²) in [4.78, 5) is 11.9. The Morgan fingerprint density at radius 1 is 1.50 bits per heavy atom. The van der Waals surface area contributed by atoms with E-state index in [2.05, 4.69) is 15.5 Å². The highest BCUT2D eigenvalue weighted by atomic mass is 35.5. The lowest BCUT2D eigenvalue weighted by Crippen LogP contribution is -2.36. The highest BCUT2D eigenvalue weighted by Crippen LogP contribution is 2.24. The first-order valence-corrected chi connectivity index (χ1v) is 6.47. The van der Waals surface area contributed by atoms with E-state index in [4.69, 9.17) is 16.3 Å². The predicted molar refractivity (Wildman–Crippen MR) is 74.4 cm³/mol. The molecular formula is C13H15ClN4O2. The lowest BCUT2D eigenvalue weighted by atomic mass is 10.3. The van der Waals surface area contributed by atoms with Crippen LogP contribution in [0.2, 0.25) is 5.02 Å². The van der Waals surface area contributed by atoms with Gasteiger partial charge in [-0.3, -0.25) is 4.79 Å². The second-order valence-corrected chi connectivity index (χ2v) is 4.67. The topological polar surface area (TPSA) is 69.0 Å². The number of hydrogen-bond donors (Lipinski definition) is 1. The number of ether oxygens (including phenoxy) is 1. The Balaban J connectivity index is 1.89. The molecule has 7 heteroatoms. The van der Waals surface area contributed by atoms with Crippen molar-refractivity contribution in [2.75, 3.05) is 0 Å². The third-order valence-electron chi connectivity index (χ3n) is 2.74. The minimum absolute atomic E-state index is 0.243. The number of rotatable bonds is 5. The van der Waals surface area contributed by atoms with Crippen LogP contribution >= 0.6 is 11.6 Å². The zero-order chi connectivity index (χ0) is 14.5. The summed E-state index contributed by atoms with van der Waals surface area (Å²) in [5.41, 5.74) is 0. The standard InChI is InChI=1S/C13H15ClN4O2/c1-9(20-11-6-4-3-5-10(11)14)13(19)15-7-12-17-16-8-18(12)2/h3-6,8-9H,7H2,1-2H3,(H,15,19)/t9-/m1/s1. The van der Waals surface area contributed by atoms with Crippen LogP contribution in [0, 0.1) is 0 Å². The molecule has 1 heterocycles. The van der Waals surface area contributed by atoms with Crippen molar-refractivity contribution >= 4 is 17.5 Å². The van der Waals surface area contributed by atoms with Gasteiger partial charge < -0.3 is 14.6 Å². The number of halogens is 1. The lowest BCUT2D eigenvalue weighted by molar-refractivity contribution is -0.127. The number of carbonyl (C=O) groups excluding carboxylic acids is 1. The van der Waals surface area contributed by atoms with Crippen molar-refractivity contribution in [2.24, 2.45) is 7.05 Å². The minimum atomic E-state index is -0.650. The van der Waals surface area contributed by atoms with E-state index in [-0.39, 0.29) is 5.91 Å². The Kier molecular flexibility index (Phi) is 4.57. The van der Waals surface area contributed by atoms with Gasteiger partial charge in [0.25, 0.3) is 5.91 Å². The number of aryl methyl sites for hydroxylation is 1. The summed E-state index contributed by atoms with van der Waals surface area (Å²) in [7, 11) is 1.81. The molecule has 1 aromatic heterocycles. The van der Waals surface area contributed by atoms with Crippen molar-refractivity contribution in [1.29, 1.82) is 0 Å². The number of benzene rings is 1. The number of nitrogens with zero attached hydrogens (tertiary/aromatic N) is 3. The zero-order valence-corrected chi connectivity index (χ0v) is 12.0. The van der Waals surface area contributed by atoms with Gasteiger partial charge in [-0.15, -0.1) is 10.2 Å². The normalized spacial score (nSPS) is 11.9. The number of hydrogen-bond acceptors (Lipinski definition) is 4. The third-order valence-corrected chi connectivity index (χ3v) is 3.05. The first-order valence-electron chi connectivity index (χ1n) is 6.09. The van der Waals surface area contributed by atoms with Crippen LogP contribution in [0.5, 0.6) is 5.75 Å². The zero-order valence-electron chi connectivity index (χ0n) is 11.2. The molecule has 20 heavy (non-hydrogen) atoms. The van der Waals surface area contributed by atoms with Crippen molar-refractivity contribution in [2.45, 2.75) is 19.6 Å². The maximum absolute atomic E-state index is 11.9. The van der Waals surface area contributed by atoms with Crippen molar-refractivity contribution in [3.63, 3.8) is 0 Å². The van der Waals surface area contributed by atoms with E-state index in [1.54, 1.807) is 42.1 Å². The van der Waals surface area contributed by atoms with E-state index in [1.165, 1.54) is 0 Å². The molecule has 0 saturated heterocycles. The largest absolute Gasteiger partial charge is 0.479 e. The van der Waals surface area contributed by atoms with Crippen LogP contribution in [0.4, 0.5) is 0 Å². The Morgan fingerprint density at radius 3 is 2.90 bits per heavy atom.